The summed E-state index contributed by atoms with van der Waals surface area (Å²) in [6, 6.07) is -0.116. The minimum atomic E-state index is -0.803. The first-order valence-corrected chi connectivity index (χ1v) is 7.03. The highest BCUT2D eigenvalue weighted by Gasteiger charge is 2.16. The average Bonchev–Trinajstić information content (AvgIpc) is 2.65. The summed E-state index contributed by atoms with van der Waals surface area (Å²) in [5.74, 6) is -0.0668. The molecule has 2 aromatic heterocycles. The van der Waals surface area contributed by atoms with Crippen molar-refractivity contribution in [1.29, 1.82) is 0 Å². The molecular weight excluding hydrogens is 262 g/mol. The van der Waals surface area contributed by atoms with Crippen LogP contribution in [0.3, 0.4) is 0 Å². The van der Waals surface area contributed by atoms with Crippen molar-refractivity contribution in [3.05, 3.63) is 16.8 Å². The van der Waals surface area contributed by atoms with Crippen LogP contribution < -0.4 is 5.32 Å². The maximum absolute atomic E-state index is 10.8. The number of carboxylic acids is 1. The Morgan fingerprint density at radius 2 is 2.21 bits per heavy atom. The van der Waals surface area contributed by atoms with Gasteiger partial charge in [0, 0.05) is 10.9 Å². The second-order valence-electron chi connectivity index (χ2n) is 4.53. The molecule has 0 aliphatic rings. The summed E-state index contributed by atoms with van der Waals surface area (Å²) < 4.78 is 0. The quantitative estimate of drug-likeness (QED) is 0.880. The second-order valence-corrected chi connectivity index (χ2v) is 5.74. The summed E-state index contributed by atoms with van der Waals surface area (Å²) in [5, 5.41) is 13.1. The first kappa shape index (κ1) is 13.7. The summed E-state index contributed by atoms with van der Waals surface area (Å²) in [4.78, 5) is 21.5. The van der Waals surface area contributed by atoms with Gasteiger partial charge in [0.2, 0.25) is 0 Å². The number of fused-ring (bicyclic) bond motifs is 1. The Hall–Kier alpha value is -1.69. The van der Waals surface area contributed by atoms with Gasteiger partial charge < -0.3 is 10.4 Å². The average molecular weight is 279 g/mol. The van der Waals surface area contributed by atoms with Crippen LogP contribution in [-0.4, -0.2) is 27.1 Å². The highest BCUT2D eigenvalue weighted by atomic mass is 32.1. The van der Waals surface area contributed by atoms with Gasteiger partial charge in [-0.1, -0.05) is 6.92 Å². The molecule has 0 spiro atoms. The van der Waals surface area contributed by atoms with E-state index in [9.17, 15) is 4.79 Å². The van der Waals surface area contributed by atoms with Crippen molar-refractivity contribution in [3.8, 4) is 0 Å². The van der Waals surface area contributed by atoms with Gasteiger partial charge in [0.1, 0.15) is 17.0 Å². The van der Waals surface area contributed by atoms with Crippen LogP contribution in [-0.2, 0) is 4.79 Å². The number of aliphatic carboxylic acids is 1. The van der Waals surface area contributed by atoms with Crippen LogP contribution in [0.25, 0.3) is 10.2 Å². The van der Waals surface area contributed by atoms with Crippen molar-refractivity contribution in [1.82, 2.24) is 9.97 Å². The summed E-state index contributed by atoms with van der Waals surface area (Å²) in [7, 11) is 0. The Kier molecular flexibility index (Phi) is 3.99. The van der Waals surface area contributed by atoms with Gasteiger partial charge in [-0.25, -0.2) is 9.97 Å². The number of nitrogens with zero attached hydrogens (tertiary/aromatic N) is 2. The van der Waals surface area contributed by atoms with Crippen molar-refractivity contribution in [2.75, 3.05) is 5.32 Å². The lowest BCUT2D eigenvalue weighted by molar-refractivity contribution is -0.137. The Bertz CT molecular complexity index is 609. The van der Waals surface area contributed by atoms with Crippen molar-refractivity contribution < 1.29 is 9.90 Å². The molecule has 0 saturated heterocycles. The lowest BCUT2D eigenvalue weighted by Crippen LogP contribution is -2.23. The van der Waals surface area contributed by atoms with Crippen molar-refractivity contribution in [2.24, 2.45) is 0 Å². The third-order valence-electron chi connectivity index (χ3n) is 3.22. The molecule has 0 fully saturated rings. The van der Waals surface area contributed by atoms with E-state index in [1.54, 1.807) is 11.3 Å². The molecule has 2 N–H and O–H groups in total. The lowest BCUT2D eigenvalue weighted by atomic mass is 10.1. The Balaban J connectivity index is 2.36. The van der Waals surface area contributed by atoms with Crippen LogP contribution in [0.15, 0.2) is 6.33 Å². The van der Waals surface area contributed by atoms with Crippen LogP contribution >= 0.6 is 11.3 Å². The smallest absolute Gasteiger partial charge is 0.305 e. The number of aromatic nitrogens is 2. The Morgan fingerprint density at radius 3 is 2.84 bits per heavy atom. The number of hydrogen-bond donors (Lipinski definition) is 2. The van der Waals surface area contributed by atoms with Crippen LogP contribution in [0.2, 0.25) is 0 Å². The maximum atomic E-state index is 10.8. The first-order valence-electron chi connectivity index (χ1n) is 6.22. The van der Waals surface area contributed by atoms with Gasteiger partial charge in [0.25, 0.3) is 0 Å². The summed E-state index contributed by atoms with van der Waals surface area (Å²) >= 11 is 1.63. The molecule has 0 aromatic carbocycles. The van der Waals surface area contributed by atoms with E-state index in [0.717, 1.165) is 28.0 Å². The molecule has 0 radical (unpaired) electrons. The van der Waals surface area contributed by atoms with Gasteiger partial charge in [0.05, 0.1) is 11.8 Å². The molecule has 0 bridgehead atoms. The van der Waals surface area contributed by atoms with E-state index in [-0.39, 0.29) is 12.5 Å². The minimum absolute atomic E-state index is 0.0875. The molecule has 1 unspecified atom stereocenters. The van der Waals surface area contributed by atoms with Crippen molar-refractivity contribution in [3.63, 3.8) is 0 Å². The molecule has 6 heteroatoms. The molecule has 0 aliphatic heterocycles. The number of hydrogen-bond acceptors (Lipinski definition) is 5. The standard InChI is InChI=1S/C13H17N3O2S/c1-4-9(5-10(17)18)16-12-11-7(2)8(3)19-13(11)15-6-14-12/h6,9H,4-5H2,1-3H3,(H,17,18)(H,14,15,16). The van der Waals surface area contributed by atoms with Gasteiger partial charge in [0.15, 0.2) is 0 Å². The molecule has 0 aliphatic carbocycles. The number of thiophene rings is 1. The Morgan fingerprint density at radius 1 is 1.47 bits per heavy atom. The second kappa shape index (κ2) is 5.52. The van der Waals surface area contributed by atoms with Gasteiger partial charge in [-0.15, -0.1) is 11.3 Å². The minimum Gasteiger partial charge on any atom is -0.481 e. The van der Waals surface area contributed by atoms with E-state index >= 15 is 0 Å². The summed E-state index contributed by atoms with van der Waals surface area (Å²) in [6.07, 6.45) is 2.34. The highest BCUT2D eigenvalue weighted by molar-refractivity contribution is 7.18. The first-order chi connectivity index (χ1) is 9.02. The van der Waals surface area contributed by atoms with Crippen molar-refractivity contribution in [2.45, 2.75) is 39.7 Å². The molecular formula is C13H17N3O2S. The largest absolute Gasteiger partial charge is 0.481 e. The topological polar surface area (TPSA) is 75.1 Å². The van der Waals surface area contributed by atoms with Crippen LogP contribution in [0, 0.1) is 13.8 Å². The van der Waals surface area contributed by atoms with Gasteiger partial charge in [-0.2, -0.15) is 0 Å². The van der Waals surface area contributed by atoms with Crippen LogP contribution in [0.4, 0.5) is 5.82 Å². The van der Waals surface area contributed by atoms with Gasteiger partial charge >= 0.3 is 5.97 Å². The number of anilines is 1. The van der Waals surface area contributed by atoms with Crippen LogP contribution in [0.5, 0.6) is 0 Å². The molecule has 0 saturated carbocycles. The highest BCUT2D eigenvalue weighted by Crippen LogP contribution is 2.32. The molecule has 19 heavy (non-hydrogen) atoms. The molecule has 102 valence electrons. The van der Waals surface area contributed by atoms with Gasteiger partial charge in [-0.3, -0.25) is 4.79 Å². The molecule has 2 aromatic rings. The van der Waals surface area contributed by atoms with Crippen LogP contribution in [0.1, 0.15) is 30.2 Å². The monoisotopic (exact) mass is 279 g/mol. The number of rotatable bonds is 5. The van der Waals surface area contributed by atoms with Crippen molar-refractivity contribution >= 4 is 33.3 Å². The molecule has 2 heterocycles. The van der Waals surface area contributed by atoms with E-state index in [0.29, 0.717) is 0 Å². The van der Waals surface area contributed by atoms with E-state index in [2.05, 4.69) is 22.2 Å². The summed E-state index contributed by atoms with van der Waals surface area (Å²) in [5.41, 5.74) is 1.16. The zero-order chi connectivity index (χ0) is 14.0. The molecule has 0 amide bonds. The number of nitrogens with one attached hydrogen (secondary N) is 1. The van der Waals surface area contributed by atoms with E-state index in [4.69, 9.17) is 5.11 Å². The fourth-order valence-electron chi connectivity index (χ4n) is 1.99. The lowest BCUT2D eigenvalue weighted by Gasteiger charge is -2.16. The van der Waals surface area contributed by atoms with Gasteiger partial charge in [-0.05, 0) is 25.8 Å². The number of carboxylic acid groups (broad SMARTS) is 1. The third-order valence-corrected chi connectivity index (χ3v) is 4.34. The fourth-order valence-corrected chi connectivity index (χ4v) is 2.99. The van der Waals surface area contributed by atoms with E-state index in [1.165, 1.54) is 11.2 Å². The number of carbonyl (C=O) groups is 1. The summed E-state index contributed by atoms with van der Waals surface area (Å²) in [6.45, 7) is 6.06. The normalized spacial score (nSPS) is 12.6. The molecule has 1 atom stereocenters. The predicted molar refractivity (Wildman–Crippen MR) is 76.8 cm³/mol. The third kappa shape index (κ3) is 2.84. The predicted octanol–water partition coefficient (Wildman–Crippen LogP) is 2.97. The van der Waals surface area contributed by atoms with E-state index < -0.39 is 5.97 Å². The zero-order valence-electron chi connectivity index (χ0n) is 11.2. The Labute approximate surface area is 115 Å². The van der Waals surface area contributed by atoms with E-state index in [1.807, 2.05) is 13.8 Å². The fraction of sp³-hybridized carbons (Fsp3) is 0.462. The molecule has 2 rings (SSSR count). The maximum Gasteiger partial charge on any atom is 0.305 e. The SMILES string of the molecule is CCC(CC(=O)O)Nc1ncnc2sc(C)c(C)c12. The molecule has 5 nitrogen and oxygen atoms in total. The zero-order valence-corrected chi connectivity index (χ0v) is 12.0. The number of aryl methyl sites for hydroxylation is 2.